The van der Waals surface area contributed by atoms with E-state index in [-0.39, 0.29) is 12.5 Å². The smallest absolute Gasteiger partial charge is 0.262 e. The third-order valence-electron chi connectivity index (χ3n) is 3.82. The van der Waals surface area contributed by atoms with Crippen molar-refractivity contribution in [3.05, 3.63) is 58.1 Å². The molecule has 122 valence electrons. The van der Waals surface area contributed by atoms with Crippen LogP contribution in [-0.2, 0) is 4.79 Å². The van der Waals surface area contributed by atoms with E-state index in [4.69, 9.17) is 4.74 Å². The highest BCUT2D eigenvalue weighted by atomic mass is 79.9. The molecule has 0 bridgehead atoms. The Morgan fingerprint density at radius 1 is 1.22 bits per heavy atom. The highest BCUT2D eigenvalue weighted by Gasteiger charge is 2.07. The van der Waals surface area contributed by atoms with Crippen molar-refractivity contribution in [3.8, 4) is 5.75 Å². The average Bonchev–Trinajstić information content (AvgIpc) is 2.54. The maximum atomic E-state index is 12.0. The van der Waals surface area contributed by atoms with Gasteiger partial charge in [0, 0.05) is 5.69 Å². The molecule has 1 amide bonds. The number of ether oxygens (including phenoxy) is 1. The maximum Gasteiger partial charge on any atom is 0.262 e. The van der Waals surface area contributed by atoms with Crippen molar-refractivity contribution >= 4 is 27.5 Å². The lowest BCUT2D eigenvalue weighted by molar-refractivity contribution is -0.118. The Labute approximate surface area is 146 Å². The van der Waals surface area contributed by atoms with Crippen LogP contribution in [0.15, 0.2) is 46.9 Å². The largest absolute Gasteiger partial charge is 0.483 e. The number of nitrogens with one attached hydrogen (secondary N) is 1. The first kappa shape index (κ1) is 17.5. The van der Waals surface area contributed by atoms with Gasteiger partial charge in [0.05, 0.1) is 4.47 Å². The lowest BCUT2D eigenvalue weighted by Crippen LogP contribution is -2.20. The molecule has 0 aliphatic rings. The number of benzene rings is 2. The van der Waals surface area contributed by atoms with E-state index < -0.39 is 0 Å². The van der Waals surface area contributed by atoms with Crippen LogP contribution in [0.2, 0.25) is 0 Å². The molecule has 0 saturated carbocycles. The Bertz CT molecular complexity index is 668. The van der Waals surface area contributed by atoms with Gasteiger partial charge < -0.3 is 10.1 Å². The first-order valence-electron chi connectivity index (χ1n) is 7.78. The van der Waals surface area contributed by atoms with Crippen LogP contribution >= 0.6 is 15.9 Å². The molecular weight excluding hydrogens is 354 g/mol. The summed E-state index contributed by atoms with van der Waals surface area (Å²) in [6, 6.07) is 13.7. The molecule has 0 aliphatic heterocycles. The van der Waals surface area contributed by atoms with Gasteiger partial charge in [-0.1, -0.05) is 32.0 Å². The number of amides is 1. The number of carbonyl (C=O) groups is 1. The van der Waals surface area contributed by atoms with Crippen LogP contribution in [0.4, 0.5) is 5.69 Å². The van der Waals surface area contributed by atoms with Crippen LogP contribution in [0.25, 0.3) is 0 Å². The van der Waals surface area contributed by atoms with E-state index in [9.17, 15) is 4.79 Å². The van der Waals surface area contributed by atoms with Crippen molar-refractivity contribution in [2.75, 3.05) is 11.9 Å². The Balaban J connectivity index is 1.89. The Morgan fingerprint density at radius 2 is 1.91 bits per heavy atom. The zero-order chi connectivity index (χ0) is 16.8. The van der Waals surface area contributed by atoms with Crippen LogP contribution in [0, 0.1) is 6.92 Å². The molecule has 4 heteroatoms. The van der Waals surface area contributed by atoms with Gasteiger partial charge in [-0.05, 0) is 70.6 Å². The van der Waals surface area contributed by atoms with Gasteiger partial charge >= 0.3 is 0 Å². The first-order valence-corrected chi connectivity index (χ1v) is 8.57. The van der Waals surface area contributed by atoms with Gasteiger partial charge in [-0.3, -0.25) is 4.79 Å². The van der Waals surface area contributed by atoms with Crippen LogP contribution in [0.1, 0.15) is 37.3 Å². The number of carbonyl (C=O) groups excluding carboxylic acids is 1. The number of hydrogen-bond acceptors (Lipinski definition) is 2. The van der Waals surface area contributed by atoms with Crippen LogP contribution < -0.4 is 10.1 Å². The standard InChI is InChI=1S/C19H22BrNO2/c1-4-14(3)15-6-8-16(9-7-15)21-19(22)12-23-18-10-5-13(2)11-17(18)20/h5-11,14H,4,12H2,1-3H3,(H,21,22)/t14-/m1/s1. The zero-order valence-electron chi connectivity index (χ0n) is 13.7. The molecule has 0 fully saturated rings. The Hall–Kier alpha value is -1.81. The van der Waals surface area contributed by atoms with E-state index in [1.165, 1.54) is 5.56 Å². The van der Waals surface area contributed by atoms with Gasteiger partial charge in [-0.15, -0.1) is 0 Å². The second-order valence-electron chi connectivity index (χ2n) is 5.70. The summed E-state index contributed by atoms with van der Waals surface area (Å²) in [6.07, 6.45) is 1.10. The van der Waals surface area contributed by atoms with E-state index in [1.807, 2.05) is 37.3 Å². The predicted molar refractivity (Wildman–Crippen MR) is 98.2 cm³/mol. The number of aryl methyl sites for hydroxylation is 1. The number of rotatable bonds is 6. The van der Waals surface area contributed by atoms with Crippen molar-refractivity contribution in [1.29, 1.82) is 0 Å². The molecule has 1 atom stereocenters. The Morgan fingerprint density at radius 3 is 2.52 bits per heavy atom. The molecular formula is C19H22BrNO2. The second kappa shape index (κ2) is 8.16. The van der Waals surface area contributed by atoms with Crippen LogP contribution in [0.5, 0.6) is 5.75 Å². The summed E-state index contributed by atoms with van der Waals surface area (Å²) in [5, 5.41) is 2.85. The van der Waals surface area contributed by atoms with Gasteiger partial charge in [0.25, 0.3) is 5.91 Å². The van der Waals surface area contributed by atoms with E-state index in [0.29, 0.717) is 11.7 Å². The van der Waals surface area contributed by atoms with Crippen molar-refractivity contribution in [1.82, 2.24) is 0 Å². The molecule has 2 aromatic carbocycles. The lowest BCUT2D eigenvalue weighted by atomic mass is 9.99. The third kappa shape index (κ3) is 5.10. The van der Waals surface area contributed by atoms with E-state index >= 15 is 0 Å². The van der Waals surface area contributed by atoms with Crippen molar-refractivity contribution in [2.24, 2.45) is 0 Å². The number of hydrogen-bond donors (Lipinski definition) is 1. The number of anilines is 1. The fourth-order valence-corrected chi connectivity index (χ4v) is 2.80. The fraction of sp³-hybridized carbons (Fsp3) is 0.316. The summed E-state index contributed by atoms with van der Waals surface area (Å²) < 4.78 is 6.40. The molecule has 2 rings (SSSR count). The second-order valence-corrected chi connectivity index (χ2v) is 6.56. The van der Waals surface area contributed by atoms with Crippen molar-refractivity contribution in [2.45, 2.75) is 33.1 Å². The third-order valence-corrected chi connectivity index (χ3v) is 4.44. The minimum Gasteiger partial charge on any atom is -0.483 e. The van der Waals surface area contributed by atoms with Gasteiger partial charge in [-0.2, -0.15) is 0 Å². The molecule has 0 heterocycles. The highest BCUT2D eigenvalue weighted by molar-refractivity contribution is 9.10. The predicted octanol–water partition coefficient (Wildman–Crippen LogP) is 5.29. The van der Waals surface area contributed by atoms with Gasteiger partial charge in [0.15, 0.2) is 6.61 Å². The first-order chi connectivity index (χ1) is 11.0. The zero-order valence-corrected chi connectivity index (χ0v) is 15.3. The summed E-state index contributed by atoms with van der Waals surface area (Å²) in [6.45, 7) is 6.35. The summed E-state index contributed by atoms with van der Waals surface area (Å²) in [5.41, 5.74) is 3.20. The van der Waals surface area contributed by atoms with Crippen molar-refractivity contribution in [3.63, 3.8) is 0 Å². The van der Waals surface area contributed by atoms with E-state index in [1.54, 1.807) is 0 Å². The highest BCUT2D eigenvalue weighted by Crippen LogP contribution is 2.25. The SMILES string of the molecule is CC[C@@H](C)c1ccc(NC(=O)COc2ccc(C)cc2Br)cc1. The molecule has 0 aromatic heterocycles. The quantitative estimate of drug-likeness (QED) is 0.744. The molecule has 0 spiro atoms. The molecule has 23 heavy (non-hydrogen) atoms. The summed E-state index contributed by atoms with van der Waals surface area (Å²) in [7, 11) is 0. The summed E-state index contributed by atoms with van der Waals surface area (Å²) >= 11 is 3.44. The Kier molecular flexibility index (Phi) is 6.22. The molecule has 0 radical (unpaired) electrons. The molecule has 0 aliphatic carbocycles. The fourth-order valence-electron chi connectivity index (χ4n) is 2.19. The maximum absolute atomic E-state index is 12.0. The van der Waals surface area contributed by atoms with Crippen LogP contribution in [0.3, 0.4) is 0 Å². The minimum atomic E-state index is -0.172. The van der Waals surface area contributed by atoms with Crippen LogP contribution in [-0.4, -0.2) is 12.5 Å². The molecule has 2 aromatic rings. The van der Waals surface area contributed by atoms with E-state index in [2.05, 4.69) is 47.2 Å². The normalized spacial score (nSPS) is 11.8. The molecule has 0 saturated heterocycles. The van der Waals surface area contributed by atoms with Gasteiger partial charge in [-0.25, -0.2) is 0 Å². The summed E-state index contributed by atoms with van der Waals surface area (Å²) in [5.74, 6) is 1.02. The summed E-state index contributed by atoms with van der Waals surface area (Å²) in [4.78, 5) is 12.0. The lowest BCUT2D eigenvalue weighted by Gasteiger charge is -2.11. The van der Waals surface area contributed by atoms with Crippen molar-refractivity contribution < 1.29 is 9.53 Å². The topological polar surface area (TPSA) is 38.3 Å². The van der Waals surface area contributed by atoms with Gasteiger partial charge in [0.2, 0.25) is 0 Å². The molecule has 3 nitrogen and oxygen atoms in total. The molecule has 0 unspecified atom stereocenters. The van der Waals surface area contributed by atoms with E-state index in [0.717, 1.165) is 22.1 Å². The number of halogens is 1. The molecule has 1 N–H and O–H groups in total. The minimum absolute atomic E-state index is 0.0191. The average molecular weight is 376 g/mol. The van der Waals surface area contributed by atoms with Gasteiger partial charge in [0.1, 0.15) is 5.75 Å². The monoisotopic (exact) mass is 375 g/mol.